The second-order valence-corrected chi connectivity index (χ2v) is 7.08. The van der Waals surface area contributed by atoms with Crippen molar-refractivity contribution in [1.82, 2.24) is 4.90 Å². The Morgan fingerprint density at radius 3 is 2.84 bits per heavy atom. The van der Waals surface area contributed by atoms with Crippen LogP contribution in [0.4, 0.5) is 0 Å². The van der Waals surface area contributed by atoms with E-state index >= 15 is 0 Å². The number of hydrogen-bond donors (Lipinski definition) is 1. The van der Waals surface area contributed by atoms with Gasteiger partial charge in [0, 0.05) is 31.1 Å². The van der Waals surface area contributed by atoms with Gasteiger partial charge in [-0.05, 0) is 30.5 Å². The van der Waals surface area contributed by atoms with E-state index in [9.17, 15) is 9.90 Å². The lowest BCUT2D eigenvalue weighted by molar-refractivity contribution is -0.125. The van der Waals surface area contributed by atoms with Crippen molar-refractivity contribution in [3.8, 4) is 11.5 Å². The highest BCUT2D eigenvalue weighted by molar-refractivity contribution is 5.87. The van der Waals surface area contributed by atoms with Crippen molar-refractivity contribution in [2.45, 2.75) is 31.7 Å². The summed E-state index contributed by atoms with van der Waals surface area (Å²) in [6.07, 6.45) is 1.28. The van der Waals surface area contributed by atoms with E-state index in [1.165, 1.54) is 5.56 Å². The molecule has 1 N–H and O–H groups in total. The number of ketones is 1. The van der Waals surface area contributed by atoms with Crippen LogP contribution < -0.4 is 4.74 Å². The number of phenolic OH excluding ortho intramolecular Hbond substituents is 1. The first-order valence-electron chi connectivity index (χ1n) is 8.80. The van der Waals surface area contributed by atoms with Crippen LogP contribution in [0.15, 0.2) is 36.4 Å². The van der Waals surface area contributed by atoms with Gasteiger partial charge in [-0.15, -0.1) is 0 Å². The minimum absolute atomic E-state index is 0.0513. The number of piperidine rings is 1. The third-order valence-corrected chi connectivity index (χ3v) is 5.60. The van der Waals surface area contributed by atoms with Crippen LogP contribution in [0.5, 0.6) is 11.5 Å². The van der Waals surface area contributed by atoms with E-state index in [0.717, 1.165) is 36.2 Å². The molecule has 2 heterocycles. The maximum absolute atomic E-state index is 12.9. The van der Waals surface area contributed by atoms with Crippen LogP contribution in [0.2, 0.25) is 0 Å². The largest absolute Gasteiger partial charge is 0.504 e. The maximum Gasteiger partial charge on any atom is 0.161 e. The van der Waals surface area contributed by atoms with Gasteiger partial charge >= 0.3 is 0 Å². The number of Topliss-reactive ketones (excluding diaryl/α,β-unsaturated/α-hetero) is 1. The minimum atomic E-state index is -0.0513. The van der Waals surface area contributed by atoms with Crippen LogP contribution in [0.3, 0.4) is 0 Å². The number of rotatable bonds is 2. The van der Waals surface area contributed by atoms with Crippen LogP contribution in [-0.2, 0) is 11.2 Å². The molecule has 2 aromatic rings. The zero-order valence-electron chi connectivity index (χ0n) is 14.7. The number of ether oxygens (including phenoxy) is 1. The normalized spacial score (nSPS) is 23.0. The molecule has 4 nitrogen and oxygen atoms in total. The fourth-order valence-corrected chi connectivity index (χ4v) is 4.28. The van der Waals surface area contributed by atoms with Gasteiger partial charge in [0.1, 0.15) is 5.78 Å². The molecule has 4 rings (SSSR count). The number of benzene rings is 2. The van der Waals surface area contributed by atoms with Crippen LogP contribution in [0.1, 0.15) is 40.6 Å². The SMILES string of the molecule is COc1ccc2c(c1O)CCN1C[C@H](c3cccc(C)c3)C(=O)C[C@@H]21. The summed E-state index contributed by atoms with van der Waals surface area (Å²) in [5.41, 5.74) is 4.31. The van der Waals surface area contributed by atoms with E-state index in [4.69, 9.17) is 4.74 Å². The van der Waals surface area contributed by atoms with E-state index in [1.807, 2.05) is 12.1 Å². The van der Waals surface area contributed by atoms with Gasteiger partial charge in [0.2, 0.25) is 0 Å². The average Bonchev–Trinajstić information content (AvgIpc) is 2.61. The summed E-state index contributed by atoms with van der Waals surface area (Å²) in [5.74, 6) is 0.972. The van der Waals surface area contributed by atoms with Gasteiger partial charge < -0.3 is 9.84 Å². The highest BCUT2D eigenvalue weighted by atomic mass is 16.5. The standard InChI is InChI=1S/C21H23NO3/c1-13-4-3-5-14(10-13)17-12-22-9-8-16-15(18(22)11-19(17)23)6-7-20(25-2)21(16)24/h3-7,10,17-18,24H,8-9,11-12H2,1-2H3/t17-,18+/m1/s1. The molecular formula is C21H23NO3. The Hall–Kier alpha value is -2.33. The number of nitrogens with zero attached hydrogens (tertiary/aromatic N) is 1. The fraction of sp³-hybridized carbons (Fsp3) is 0.381. The average molecular weight is 337 g/mol. The van der Waals surface area contributed by atoms with Crippen molar-refractivity contribution >= 4 is 5.78 Å². The third-order valence-electron chi connectivity index (χ3n) is 5.60. The molecule has 2 aliphatic rings. The van der Waals surface area contributed by atoms with E-state index in [-0.39, 0.29) is 23.5 Å². The Bertz CT molecular complexity index is 830. The molecule has 0 spiro atoms. The molecular weight excluding hydrogens is 314 g/mol. The van der Waals surface area contributed by atoms with Crippen LogP contribution >= 0.6 is 0 Å². The predicted molar refractivity (Wildman–Crippen MR) is 96.2 cm³/mol. The first-order chi connectivity index (χ1) is 12.1. The van der Waals surface area contributed by atoms with Gasteiger partial charge in [-0.3, -0.25) is 9.69 Å². The molecule has 1 fully saturated rings. The number of fused-ring (bicyclic) bond motifs is 3. The topological polar surface area (TPSA) is 49.8 Å². The Morgan fingerprint density at radius 2 is 2.08 bits per heavy atom. The zero-order valence-corrected chi connectivity index (χ0v) is 14.7. The lowest BCUT2D eigenvalue weighted by Gasteiger charge is -2.43. The number of aromatic hydroxyl groups is 1. The van der Waals surface area contributed by atoms with Crippen LogP contribution in [0, 0.1) is 6.92 Å². The van der Waals surface area contributed by atoms with Crippen molar-refractivity contribution in [3.63, 3.8) is 0 Å². The summed E-state index contributed by atoms with van der Waals surface area (Å²) in [7, 11) is 1.56. The van der Waals surface area contributed by atoms with Crippen molar-refractivity contribution in [3.05, 3.63) is 58.7 Å². The second kappa shape index (κ2) is 6.19. The van der Waals surface area contributed by atoms with Gasteiger partial charge in [-0.25, -0.2) is 0 Å². The highest BCUT2D eigenvalue weighted by Gasteiger charge is 2.39. The molecule has 2 aromatic carbocycles. The molecule has 0 bridgehead atoms. The summed E-state index contributed by atoms with van der Waals surface area (Å²) in [5, 5.41) is 10.4. The summed E-state index contributed by atoms with van der Waals surface area (Å²) < 4.78 is 5.22. The number of hydrogen-bond acceptors (Lipinski definition) is 4. The predicted octanol–water partition coefficient (Wildman–Crippen LogP) is 3.37. The summed E-state index contributed by atoms with van der Waals surface area (Å²) in [6, 6.07) is 12.1. The van der Waals surface area contributed by atoms with Crippen molar-refractivity contribution in [2.75, 3.05) is 20.2 Å². The summed E-state index contributed by atoms with van der Waals surface area (Å²) >= 11 is 0. The molecule has 25 heavy (non-hydrogen) atoms. The van der Waals surface area contributed by atoms with Crippen molar-refractivity contribution < 1.29 is 14.6 Å². The Labute approximate surface area is 148 Å². The Balaban J connectivity index is 1.65. The number of methoxy groups -OCH3 is 1. The van der Waals surface area contributed by atoms with Crippen LogP contribution in [-0.4, -0.2) is 36.0 Å². The van der Waals surface area contributed by atoms with Crippen molar-refractivity contribution in [1.29, 1.82) is 0 Å². The van der Waals surface area contributed by atoms with Gasteiger partial charge in [-0.2, -0.15) is 0 Å². The quantitative estimate of drug-likeness (QED) is 0.913. The van der Waals surface area contributed by atoms with E-state index in [2.05, 4.69) is 30.0 Å². The Morgan fingerprint density at radius 1 is 1.24 bits per heavy atom. The summed E-state index contributed by atoms with van der Waals surface area (Å²) in [6.45, 7) is 3.67. The first-order valence-corrected chi connectivity index (χ1v) is 8.80. The molecule has 0 radical (unpaired) electrons. The molecule has 0 saturated carbocycles. The highest BCUT2D eigenvalue weighted by Crippen LogP contribution is 2.44. The van der Waals surface area contributed by atoms with Gasteiger partial charge in [0.05, 0.1) is 13.0 Å². The van der Waals surface area contributed by atoms with Gasteiger partial charge in [0.15, 0.2) is 11.5 Å². The van der Waals surface area contributed by atoms with Crippen molar-refractivity contribution in [2.24, 2.45) is 0 Å². The molecule has 130 valence electrons. The first kappa shape index (κ1) is 16.2. The second-order valence-electron chi connectivity index (χ2n) is 7.08. The number of aryl methyl sites for hydroxylation is 1. The lowest BCUT2D eigenvalue weighted by atomic mass is 9.80. The lowest BCUT2D eigenvalue weighted by Crippen LogP contribution is -2.45. The molecule has 0 aliphatic carbocycles. The van der Waals surface area contributed by atoms with Crippen LogP contribution in [0.25, 0.3) is 0 Å². The summed E-state index contributed by atoms with van der Waals surface area (Å²) in [4.78, 5) is 15.3. The minimum Gasteiger partial charge on any atom is -0.504 e. The molecule has 0 aromatic heterocycles. The number of carbonyl (C=O) groups excluding carboxylic acids is 1. The third kappa shape index (κ3) is 2.71. The molecule has 0 amide bonds. The Kier molecular flexibility index (Phi) is 4.00. The van der Waals surface area contributed by atoms with Gasteiger partial charge in [0.25, 0.3) is 0 Å². The van der Waals surface area contributed by atoms with Gasteiger partial charge in [-0.1, -0.05) is 35.9 Å². The molecule has 0 unspecified atom stereocenters. The van der Waals surface area contributed by atoms with E-state index < -0.39 is 0 Å². The smallest absolute Gasteiger partial charge is 0.161 e. The molecule has 2 atom stereocenters. The number of carbonyl (C=O) groups is 1. The van der Waals surface area contributed by atoms with E-state index in [1.54, 1.807) is 13.2 Å². The molecule has 1 saturated heterocycles. The number of phenols is 1. The fourth-order valence-electron chi connectivity index (χ4n) is 4.28. The van der Waals surface area contributed by atoms with E-state index in [0.29, 0.717) is 12.2 Å². The molecule has 4 heteroatoms. The maximum atomic E-state index is 12.9. The monoisotopic (exact) mass is 337 g/mol. The molecule has 2 aliphatic heterocycles. The zero-order chi connectivity index (χ0) is 17.6.